The summed E-state index contributed by atoms with van der Waals surface area (Å²) < 4.78 is 0. The van der Waals surface area contributed by atoms with Gasteiger partial charge in [0.05, 0.1) is 0 Å². The van der Waals surface area contributed by atoms with Crippen molar-refractivity contribution in [1.82, 2.24) is 4.90 Å². The summed E-state index contributed by atoms with van der Waals surface area (Å²) in [5, 5.41) is 0. The number of hydrogen-bond donors (Lipinski definition) is 1. The van der Waals surface area contributed by atoms with E-state index in [0.29, 0.717) is 6.04 Å². The third kappa shape index (κ3) is 3.11. The van der Waals surface area contributed by atoms with E-state index in [4.69, 9.17) is 5.73 Å². The van der Waals surface area contributed by atoms with Crippen LogP contribution in [0.15, 0.2) is 0 Å². The van der Waals surface area contributed by atoms with E-state index in [1.807, 2.05) is 0 Å². The van der Waals surface area contributed by atoms with Gasteiger partial charge in [0.1, 0.15) is 0 Å². The lowest BCUT2D eigenvalue weighted by atomic mass is 10.0. The van der Waals surface area contributed by atoms with Crippen LogP contribution in [0.5, 0.6) is 0 Å². The molecule has 0 aromatic heterocycles. The molecule has 0 aromatic carbocycles. The monoisotopic (exact) mass is 170 g/mol. The summed E-state index contributed by atoms with van der Waals surface area (Å²) in [6.07, 6.45) is 4.12. The normalized spacial score (nSPS) is 27.8. The van der Waals surface area contributed by atoms with Crippen molar-refractivity contribution in [1.29, 1.82) is 0 Å². The first-order chi connectivity index (χ1) is 5.72. The first kappa shape index (κ1) is 10.0. The van der Waals surface area contributed by atoms with E-state index in [-0.39, 0.29) is 0 Å². The van der Waals surface area contributed by atoms with Crippen LogP contribution in [-0.2, 0) is 0 Å². The maximum atomic E-state index is 5.75. The summed E-state index contributed by atoms with van der Waals surface area (Å²) in [6.45, 7) is 8.00. The largest absolute Gasteiger partial charge is 0.327 e. The van der Waals surface area contributed by atoms with Gasteiger partial charge in [-0.1, -0.05) is 13.3 Å². The van der Waals surface area contributed by atoms with Crippen molar-refractivity contribution in [3.05, 3.63) is 0 Å². The summed E-state index contributed by atoms with van der Waals surface area (Å²) in [7, 11) is 0. The molecule has 0 amide bonds. The molecular formula is C10H22N2. The quantitative estimate of drug-likeness (QED) is 0.692. The Balaban J connectivity index is 2.16. The van der Waals surface area contributed by atoms with E-state index in [0.717, 1.165) is 12.5 Å². The van der Waals surface area contributed by atoms with Crippen LogP contribution >= 0.6 is 0 Å². The Morgan fingerprint density at radius 2 is 2.33 bits per heavy atom. The standard InChI is InChI=1S/C10H22N2/c1-3-4-10-5-6-12(8-10)7-9(2)11/h9-10H,3-8,11H2,1-2H3/t9-,10?/m1/s1. The molecule has 0 bridgehead atoms. The average molecular weight is 170 g/mol. The van der Waals surface area contributed by atoms with Gasteiger partial charge in [-0.25, -0.2) is 0 Å². The van der Waals surface area contributed by atoms with E-state index in [1.54, 1.807) is 0 Å². The summed E-state index contributed by atoms with van der Waals surface area (Å²) in [4.78, 5) is 2.50. The van der Waals surface area contributed by atoms with E-state index in [2.05, 4.69) is 18.7 Å². The van der Waals surface area contributed by atoms with Crippen molar-refractivity contribution in [3.8, 4) is 0 Å². The zero-order valence-electron chi connectivity index (χ0n) is 8.42. The molecule has 0 spiro atoms. The van der Waals surface area contributed by atoms with Crippen LogP contribution in [0.4, 0.5) is 0 Å². The van der Waals surface area contributed by atoms with Crippen LogP contribution < -0.4 is 5.73 Å². The zero-order valence-corrected chi connectivity index (χ0v) is 8.42. The molecule has 2 nitrogen and oxygen atoms in total. The van der Waals surface area contributed by atoms with E-state index >= 15 is 0 Å². The predicted octanol–water partition coefficient (Wildman–Crippen LogP) is 1.46. The van der Waals surface area contributed by atoms with Crippen LogP contribution in [-0.4, -0.2) is 30.6 Å². The van der Waals surface area contributed by atoms with Gasteiger partial charge in [-0.3, -0.25) is 0 Å². The fourth-order valence-electron chi connectivity index (χ4n) is 2.13. The molecule has 1 saturated heterocycles. The highest BCUT2D eigenvalue weighted by molar-refractivity contribution is 4.76. The summed E-state index contributed by atoms with van der Waals surface area (Å²) in [5.41, 5.74) is 5.75. The molecule has 0 radical (unpaired) electrons. The summed E-state index contributed by atoms with van der Waals surface area (Å²) in [5.74, 6) is 0.953. The Labute approximate surface area is 76.1 Å². The highest BCUT2D eigenvalue weighted by atomic mass is 15.2. The lowest BCUT2D eigenvalue weighted by Gasteiger charge is -2.17. The van der Waals surface area contributed by atoms with Crippen molar-refractivity contribution < 1.29 is 0 Å². The van der Waals surface area contributed by atoms with E-state index in [9.17, 15) is 0 Å². The Morgan fingerprint density at radius 3 is 2.92 bits per heavy atom. The maximum Gasteiger partial charge on any atom is 0.0139 e. The zero-order chi connectivity index (χ0) is 8.97. The Bertz CT molecular complexity index is 123. The van der Waals surface area contributed by atoms with Gasteiger partial charge in [0.15, 0.2) is 0 Å². The van der Waals surface area contributed by atoms with E-state index in [1.165, 1.54) is 32.4 Å². The lowest BCUT2D eigenvalue weighted by Crippen LogP contribution is -2.34. The van der Waals surface area contributed by atoms with Gasteiger partial charge >= 0.3 is 0 Å². The van der Waals surface area contributed by atoms with Gasteiger partial charge in [0, 0.05) is 19.1 Å². The Kier molecular flexibility index (Phi) is 4.02. The molecule has 2 heteroatoms. The van der Waals surface area contributed by atoms with Gasteiger partial charge < -0.3 is 10.6 Å². The smallest absolute Gasteiger partial charge is 0.0139 e. The van der Waals surface area contributed by atoms with Gasteiger partial charge in [-0.15, -0.1) is 0 Å². The number of rotatable bonds is 4. The highest BCUT2D eigenvalue weighted by Gasteiger charge is 2.21. The molecule has 2 N–H and O–H groups in total. The maximum absolute atomic E-state index is 5.75. The SMILES string of the molecule is CCCC1CCN(C[C@@H](C)N)C1. The molecule has 1 fully saturated rings. The number of hydrogen-bond acceptors (Lipinski definition) is 2. The van der Waals surface area contributed by atoms with Crippen molar-refractivity contribution in [2.24, 2.45) is 11.7 Å². The second-order valence-corrected chi connectivity index (χ2v) is 4.18. The van der Waals surface area contributed by atoms with Crippen molar-refractivity contribution in [2.45, 2.75) is 39.2 Å². The first-order valence-electron chi connectivity index (χ1n) is 5.20. The molecule has 1 unspecified atom stereocenters. The molecular weight excluding hydrogens is 148 g/mol. The van der Waals surface area contributed by atoms with Crippen LogP contribution in [0.3, 0.4) is 0 Å². The molecule has 2 atom stereocenters. The lowest BCUT2D eigenvalue weighted by molar-refractivity contribution is 0.305. The molecule has 1 aliphatic rings. The van der Waals surface area contributed by atoms with Crippen molar-refractivity contribution in [2.75, 3.05) is 19.6 Å². The number of nitrogens with two attached hydrogens (primary N) is 1. The molecule has 1 rings (SSSR count). The molecule has 1 heterocycles. The van der Waals surface area contributed by atoms with Gasteiger partial charge in [0.2, 0.25) is 0 Å². The highest BCUT2D eigenvalue weighted by Crippen LogP contribution is 2.20. The van der Waals surface area contributed by atoms with Crippen molar-refractivity contribution in [3.63, 3.8) is 0 Å². The summed E-state index contributed by atoms with van der Waals surface area (Å²) >= 11 is 0. The Hall–Kier alpha value is -0.0800. The summed E-state index contributed by atoms with van der Waals surface area (Å²) in [6, 6.07) is 0.338. The fourth-order valence-corrected chi connectivity index (χ4v) is 2.13. The van der Waals surface area contributed by atoms with Gasteiger partial charge in [0.25, 0.3) is 0 Å². The third-order valence-corrected chi connectivity index (χ3v) is 2.61. The van der Waals surface area contributed by atoms with Crippen LogP contribution in [0.25, 0.3) is 0 Å². The van der Waals surface area contributed by atoms with Gasteiger partial charge in [-0.2, -0.15) is 0 Å². The fraction of sp³-hybridized carbons (Fsp3) is 1.00. The number of nitrogens with zero attached hydrogens (tertiary/aromatic N) is 1. The molecule has 0 aromatic rings. The molecule has 0 saturated carbocycles. The Morgan fingerprint density at radius 1 is 1.58 bits per heavy atom. The molecule has 72 valence electrons. The molecule has 12 heavy (non-hydrogen) atoms. The second kappa shape index (κ2) is 4.83. The van der Waals surface area contributed by atoms with Crippen molar-refractivity contribution >= 4 is 0 Å². The minimum absolute atomic E-state index is 0.338. The average Bonchev–Trinajstić information content (AvgIpc) is 2.36. The third-order valence-electron chi connectivity index (χ3n) is 2.61. The van der Waals surface area contributed by atoms with Crippen LogP contribution in [0.2, 0.25) is 0 Å². The first-order valence-corrected chi connectivity index (χ1v) is 5.20. The van der Waals surface area contributed by atoms with Gasteiger partial charge in [-0.05, 0) is 32.2 Å². The minimum Gasteiger partial charge on any atom is -0.327 e. The minimum atomic E-state index is 0.338. The number of likely N-dealkylation sites (tertiary alicyclic amines) is 1. The van der Waals surface area contributed by atoms with E-state index < -0.39 is 0 Å². The molecule has 0 aliphatic carbocycles. The van der Waals surface area contributed by atoms with Crippen LogP contribution in [0, 0.1) is 5.92 Å². The molecule has 1 aliphatic heterocycles. The predicted molar refractivity (Wildman–Crippen MR) is 53.1 cm³/mol. The second-order valence-electron chi connectivity index (χ2n) is 4.18. The van der Waals surface area contributed by atoms with Crippen LogP contribution in [0.1, 0.15) is 33.1 Å². The topological polar surface area (TPSA) is 29.3 Å².